The van der Waals surface area contributed by atoms with Crippen molar-refractivity contribution >= 4 is 23.2 Å². The molecule has 0 bridgehead atoms. The number of hydrogen-bond donors (Lipinski definition) is 0. The fraction of sp³-hybridized carbons (Fsp3) is 0.333. The van der Waals surface area contributed by atoms with E-state index in [1.165, 1.54) is 6.92 Å². The van der Waals surface area contributed by atoms with Crippen molar-refractivity contribution < 1.29 is 14.3 Å². The van der Waals surface area contributed by atoms with Gasteiger partial charge in [0.15, 0.2) is 0 Å². The molecule has 2 amide bonds. The van der Waals surface area contributed by atoms with E-state index in [2.05, 4.69) is 0 Å². The summed E-state index contributed by atoms with van der Waals surface area (Å²) in [5.74, 6) is 0.618. The SMILES string of the molecule is CC(=O)N(CCC(=O)N(C)c1ccccc1)c1ccc(OC(C)C)cc1. The van der Waals surface area contributed by atoms with Crippen molar-refractivity contribution in [1.29, 1.82) is 0 Å². The Kier molecular flexibility index (Phi) is 6.78. The summed E-state index contributed by atoms with van der Waals surface area (Å²) < 4.78 is 5.62. The normalized spacial score (nSPS) is 10.5. The molecule has 0 spiro atoms. The molecule has 0 aliphatic rings. The highest BCUT2D eigenvalue weighted by Crippen LogP contribution is 2.21. The van der Waals surface area contributed by atoms with Gasteiger partial charge in [0.2, 0.25) is 11.8 Å². The molecule has 138 valence electrons. The quantitative estimate of drug-likeness (QED) is 0.758. The van der Waals surface area contributed by atoms with Gasteiger partial charge in [0, 0.05) is 38.3 Å². The molecular weight excluding hydrogens is 328 g/mol. The molecule has 5 nitrogen and oxygen atoms in total. The first kappa shape index (κ1) is 19.5. The Hall–Kier alpha value is -2.82. The van der Waals surface area contributed by atoms with E-state index in [1.807, 2.05) is 68.4 Å². The third kappa shape index (κ3) is 5.34. The lowest BCUT2D eigenvalue weighted by molar-refractivity contribution is -0.118. The number of ether oxygens (including phenoxy) is 1. The fourth-order valence-corrected chi connectivity index (χ4v) is 2.62. The number of benzene rings is 2. The molecule has 2 aromatic carbocycles. The summed E-state index contributed by atoms with van der Waals surface area (Å²) in [4.78, 5) is 27.7. The molecule has 2 aromatic rings. The van der Waals surface area contributed by atoms with Crippen molar-refractivity contribution in [2.45, 2.75) is 33.3 Å². The van der Waals surface area contributed by atoms with Crippen LogP contribution in [-0.4, -0.2) is 31.5 Å². The van der Waals surface area contributed by atoms with Gasteiger partial charge in [-0.3, -0.25) is 9.59 Å². The molecule has 0 fully saturated rings. The van der Waals surface area contributed by atoms with Crippen LogP contribution in [0.5, 0.6) is 5.75 Å². The van der Waals surface area contributed by atoms with Crippen molar-refractivity contribution in [3.8, 4) is 5.75 Å². The van der Waals surface area contributed by atoms with Crippen molar-refractivity contribution in [2.24, 2.45) is 0 Å². The highest BCUT2D eigenvalue weighted by molar-refractivity contribution is 5.95. The summed E-state index contributed by atoms with van der Waals surface area (Å²) in [7, 11) is 1.74. The Balaban J connectivity index is 2.02. The van der Waals surface area contributed by atoms with E-state index in [-0.39, 0.29) is 24.3 Å². The summed E-state index contributed by atoms with van der Waals surface area (Å²) in [5.41, 5.74) is 1.59. The molecule has 0 aliphatic carbocycles. The summed E-state index contributed by atoms with van der Waals surface area (Å²) >= 11 is 0. The number of anilines is 2. The van der Waals surface area contributed by atoms with Crippen LogP contribution in [0, 0.1) is 0 Å². The van der Waals surface area contributed by atoms with Crippen LogP contribution in [0.4, 0.5) is 11.4 Å². The van der Waals surface area contributed by atoms with Gasteiger partial charge < -0.3 is 14.5 Å². The number of carbonyl (C=O) groups excluding carboxylic acids is 2. The number of rotatable bonds is 7. The van der Waals surface area contributed by atoms with Gasteiger partial charge in [0.1, 0.15) is 5.75 Å². The average molecular weight is 354 g/mol. The first-order valence-corrected chi connectivity index (χ1v) is 8.75. The lowest BCUT2D eigenvalue weighted by Gasteiger charge is -2.23. The van der Waals surface area contributed by atoms with Crippen LogP contribution in [0.3, 0.4) is 0 Å². The predicted octanol–water partition coefficient (Wildman–Crippen LogP) is 3.88. The van der Waals surface area contributed by atoms with E-state index in [9.17, 15) is 9.59 Å². The van der Waals surface area contributed by atoms with Gasteiger partial charge in [-0.2, -0.15) is 0 Å². The fourth-order valence-electron chi connectivity index (χ4n) is 2.62. The molecule has 0 aromatic heterocycles. The molecule has 0 atom stereocenters. The first-order chi connectivity index (χ1) is 12.4. The Labute approximate surface area is 155 Å². The van der Waals surface area contributed by atoms with Crippen LogP contribution in [0.1, 0.15) is 27.2 Å². The van der Waals surface area contributed by atoms with E-state index in [0.29, 0.717) is 6.54 Å². The van der Waals surface area contributed by atoms with Crippen molar-refractivity contribution in [2.75, 3.05) is 23.4 Å². The molecule has 0 unspecified atom stereocenters. The van der Waals surface area contributed by atoms with Gasteiger partial charge in [-0.15, -0.1) is 0 Å². The van der Waals surface area contributed by atoms with Crippen LogP contribution in [0.25, 0.3) is 0 Å². The number of hydrogen-bond acceptors (Lipinski definition) is 3. The average Bonchev–Trinajstić information content (AvgIpc) is 2.62. The highest BCUT2D eigenvalue weighted by atomic mass is 16.5. The third-order valence-corrected chi connectivity index (χ3v) is 3.97. The standard InChI is InChI=1S/C21H26N2O3/c1-16(2)26-20-12-10-19(11-13-20)23(17(3)24)15-14-21(25)22(4)18-8-6-5-7-9-18/h5-13,16H,14-15H2,1-4H3. The Morgan fingerprint density at radius 1 is 0.962 bits per heavy atom. The Morgan fingerprint density at radius 3 is 2.12 bits per heavy atom. The van der Waals surface area contributed by atoms with E-state index in [0.717, 1.165) is 17.1 Å². The van der Waals surface area contributed by atoms with Gasteiger partial charge in [0.05, 0.1) is 6.10 Å². The number of nitrogens with zero attached hydrogens (tertiary/aromatic N) is 2. The van der Waals surface area contributed by atoms with Crippen molar-refractivity contribution in [1.82, 2.24) is 0 Å². The molecule has 0 heterocycles. The smallest absolute Gasteiger partial charge is 0.228 e. The monoisotopic (exact) mass is 354 g/mol. The van der Waals surface area contributed by atoms with Crippen LogP contribution >= 0.6 is 0 Å². The Bertz CT molecular complexity index is 727. The maximum absolute atomic E-state index is 12.4. The van der Waals surface area contributed by atoms with E-state index in [1.54, 1.807) is 16.8 Å². The minimum atomic E-state index is -0.0994. The summed E-state index contributed by atoms with van der Waals surface area (Å²) in [6.07, 6.45) is 0.339. The van der Waals surface area contributed by atoms with Crippen molar-refractivity contribution in [3.05, 3.63) is 54.6 Å². The Morgan fingerprint density at radius 2 is 1.58 bits per heavy atom. The van der Waals surface area contributed by atoms with Crippen LogP contribution in [0.15, 0.2) is 54.6 Å². The van der Waals surface area contributed by atoms with Gasteiger partial charge in [0.25, 0.3) is 0 Å². The van der Waals surface area contributed by atoms with Gasteiger partial charge in [-0.05, 0) is 50.2 Å². The lowest BCUT2D eigenvalue weighted by Crippen LogP contribution is -2.34. The van der Waals surface area contributed by atoms with E-state index < -0.39 is 0 Å². The molecule has 0 N–H and O–H groups in total. The van der Waals surface area contributed by atoms with Gasteiger partial charge in [-0.25, -0.2) is 0 Å². The summed E-state index contributed by atoms with van der Waals surface area (Å²) in [6, 6.07) is 16.8. The molecular formula is C21H26N2O3. The zero-order chi connectivity index (χ0) is 19.1. The molecule has 0 aliphatic heterocycles. The van der Waals surface area contributed by atoms with Crippen molar-refractivity contribution in [3.63, 3.8) is 0 Å². The lowest BCUT2D eigenvalue weighted by atomic mass is 10.2. The number of para-hydroxylation sites is 1. The molecule has 2 rings (SSSR count). The molecule has 5 heteroatoms. The maximum Gasteiger partial charge on any atom is 0.228 e. The second-order valence-electron chi connectivity index (χ2n) is 6.37. The van der Waals surface area contributed by atoms with Crippen LogP contribution in [-0.2, 0) is 9.59 Å². The third-order valence-electron chi connectivity index (χ3n) is 3.97. The zero-order valence-corrected chi connectivity index (χ0v) is 15.8. The summed E-state index contributed by atoms with van der Waals surface area (Å²) in [5, 5.41) is 0. The zero-order valence-electron chi connectivity index (χ0n) is 15.8. The molecule has 0 saturated heterocycles. The minimum Gasteiger partial charge on any atom is -0.491 e. The molecule has 0 saturated carbocycles. The summed E-state index contributed by atoms with van der Waals surface area (Å²) in [6.45, 7) is 5.76. The molecule has 26 heavy (non-hydrogen) atoms. The minimum absolute atomic E-state index is 0.0396. The number of carbonyl (C=O) groups is 2. The predicted molar refractivity (Wildman–Crippen MR) is 105 cm³/mol. The number of amides is 2. The topological polar surface area (TPSA) is 49.9 Å². The van der Waals surface area contributed by atoms with Crippen LogP contribution < -0.4 is 14.5 Å². The first-order valence-electron chi connectivity index (χ1n) is 8.75. The second-order valence-corrected chi connectivity index (χ2v) is 6.37. The van der Waals surface area contributed by atoms with Gasteiger partial charge in [-0.1, -0.05) is 18.2 Å². The van der Waals surface area contributed by atoms with Crippen LogP contribution in [0.2, 0.25) is 0 Å². The molecule has 0 radical (unpaired) electrons. The van der Waals surface area contributed by atoms with Gasteiger partial charge >= 0.3 is 0 Å². The van der Waals surface area contributed by atoms with E-state index in [4.69, 9.17) is 4.74 Å². The largest absolute Gasteiger partial charge is 0.491 e. The highest BCUT2D eigenvalue weighted by Gasteiger charge is 2.16. The maximum atomic E-state index is 12.4. The second kappa shape index (κ2) is 9.04. The van der Waals surface area contributed by atoms with E-state index >= 15 is 0 Å².